The highest BCUT2D eigenvalue weighted by Gasteiger charge is 2.22. The Hall–Kier alpha value is -3.43. The van der Waals surface area contributed by atoms with Gasteiger partial charge in [-0.2, -0.15) is 0 Å². The van der Waals surface area contributed by atoms with E-state index in [-0.39, 0.29) is 11.5 Å². The summed E-state index contributed by atoms with van der Waals surface area (Å²) >= 11 is 8.85. The van der Waals surface area contributed by atoms with E-state index >= 15 is 0 Å². The highest BCUT2D eigenvalue weighted by molar-refractivity contribution is 9.10. The minimum Gasteiger partial charge on any atom is -0.497 e. The molecule has 1 N–H and O–H groups in total. The van der Waals surface area contributed by atoms with Crippen LogP contribution in [0.25, 0.3) is 10.9 Å². The molecule has 0 aliphatic carbocycles. The third kappa shape index (κ3) is 4.94. The fraction of sp³-hybridized carbons (Fsp3) is 0.222. The van der Waals surface area contributed by atoms with Crippen molar-refractivity contribution in [3.8, 4) is 5.75 Å². The van der Waals surface area contributed by atoms with Gasteiger partial charge in [0.25, 0.3) is 11.5 Å². The van der Waals surface area contributed by atoms with Crippen molar-refractivity contribution in [1.29, 1.82) is 0 Å². The minimum atomic E-state index is -0.148. The number of fused-ring (bicyclic) bond motifs is 1. The number of benzene rings is 3. The number of halogens is 1. The molecule has 3 aromatic carbocycles. The first-order chi connectivity index (χ1) is 17.4. The third-order valence-electron chi connectivity index (χ3n) is 6.49. The van der Waals surface area contributed by atoms with Crippen LogP contribution in [-0.2, 0) is 6.54 Å². The van der Waals surface area contributed by atoms with Crippen LogP contribution in [0.5, 0.6) is 5.75 Å². The van der Waals surface area contributed by atoms with Crippen LogP contribution < -0.4 is 15.2 Å². The van der Waals surface area contributed by atoms with Gasteiger partial charge >= 0.3 is 0 Å². The number of piperazine rings is 1. The van der Waals surface area contributed by atoms with Crippen LogP contribution in [0.2, 0.25) is 0 Å². The SMILES string of the molecule is COc1ccc(N2CCN(C(=O)c3ccc(Cn4c(=S)[nH]c5ccc(Br)cc5c4=O)cc3)CC2)cc1. The summed E-state index contributed by atoms with van der Waals surface area (Å²) in [6.07, 6.45) is 0. The number of amides is 1. The lowest BCUT2D eigenvalue weighted by Crippen LogP contribution is -2.48. The Kier molecular flexibility index (Phi) is 6.93. The van der Waals surface area contributed by atoms with Crippen molar-refractivity contribution in [2.24, 2.45) is 0 Å². The van der Waals surface area contributed by atoms with E-state index in [2.05, 4.69) is 25.8 Å². The third-order valence-corrected chi connectivity index (χ3v) is 7.31. The topological polar surface area (TPSA) is 70.6 Å². The lowest BCUT2D eigenvalue weighted by molar-refractivity contribution is 0.0747. The minimum absolute atomic E-state index is 0.0148. The van der Waals surface area contributed by atoms with Crippen molar-refractivity contribution in [1.82, 2.24) is 14.5 Å². The Balaban J connectivity index is 1.26. The van der Waals surface area contributed by atoms with Crippen LogP contribution in [-0.4, -0.2) is 53.6 Å². The Bertz CT molecular complexity index is 1520. The average molecular weight is 565 g/mol. The second kappa shape index (κ2) is 10.3. The quantitative estimate of drug-likeness (QED) is 0.351. The number of aromatic amines is 1. The van der Waals surface area contributed by atoms with E-state index < -0.39 is 0 Å². The number of aromatic nitrogens is 2. The van der Waals surface area contributed by atoms with Crippen molar-refractivity contribution in [3.63, 3.8) is 0 Å². The number of hydrogen-bond acceptors (Lipinski definition) is 5. The van der Waals surface area contributed by atoms with Crippen LogP contribution in [0.15, 0.2) is 76.0 Å². The van der Waals surface area contributed by atoms with Gasteiger partial charge in [-0.1, -0.05) is 28.1 Å². The summed E-state index contributed by atoms with van der Waals surface area (Å²) < 4.78 is 7.97. The summed E-state index contributed by atoms with van der Waals surface area (Å²) in [5.74, 6) is 0.845. The first-order valence-electron chi connectivity index (χ1n) is 11.6. The monoisotopic (exact) mass is 564 g/mol. The smallest absolute Gasteiger partial charge is 0.262 e. The summed E-state index contributed by atoms with van der Waals surface area (Å²) in [6.45, 7) is 3.18. The molecule has 1 aliphatic heterocycles. The fourth-order valence-corrected chi connectivity index (χ4v) is 5.06. The Morgan fingerprint density at radius 3 is 2.36 bits per heavy atom. The van der Waals surface area contributed by atoms with E-state index in [1.807, 2.05) is 65.6 Å². The van der Waals surface area contributed by atoms with Gasteiger partial charge in [-0.25, -0.2) is 0 Å². The Morgan fingerprint density at radius 2 is 1.69 bits per heavy atom. The molecular weight excluding hydrogens is 540 g/mol. The highest BCUT2D eigenvalue weighted by atomic mass is 79.9. The molecule has 5 rings (SSSR count). The molecule has 1 aromatic heterocycles. The maximum Gasteiger partial charge on any atom is 0.262 e. The van der Waals surface area contributed by atoms with Crippen molar-refractivity contribution in [2.75, 3.05) is 38.2 Å². The second-order valence-electron chi connectivity index (χ2n) is 8.69. The number of anilines is 1. The molecule has 4 aromatic rings. The van der Waals surface area contributed by atoms with Gasteiger partial charge in [-0.05, 0) is 72.4 Å². The summed E-state index contributed by atoms with van der Waals surface area (Å²) in [6, 6.07) is 20.9. The number of rotatable bonds is 5. The lowest BCUT2D eigenvalue weighted by Gasteiger charge is -2.36. The van der Waals surface area contributed by atoms with Gasteiger partial charge in [0.1, 0.15) is 5.75 Å². The van der Waals surface area contributed by atoms with E-state index in [9.17, 15) is 9.59 Å². The molecule has 0 spiro atoms. The molecule has 0 atom stereocenters. The molecular formula is C27H25BrN4O3S. The number of H-pyrrole nitrogens is 1. The summed E-state index contributed by atoms with van der Waals surface area (Å²) in [4.78, 5) is 33.4. The van der Waals surface area contributed by atoms with E-state index in [1.165, 1.54) is 0 Å². The summed E-state index contributed by atoms with van der Waals surface area (Å²) in [5.41, 5.74) is 3.22. The van der Waals surface area contributed by atoms with Gasteiger partial charge in [0.05, 0.1) is 24.6 Å². The van der Waals surface area contributed by atoms with E-state index in [0.29, 0.717) is 40.9 Å². The van der Waals surface area contributed by atoms with Gasteiger partial charge in [-0.3, -0.25) is 14.2 Å². The zero-order valence-electron chi connectivity index (χ0n) is 19.7. The largest absolute Gasteiger partial charge is 0.497 e. The van der Waals surface area contributed by atoms with Crippen molar-refractivity contribution in [3.05, 3.63) is 97.5 Å². The lowest BCUT2D eigenvalue weighted by atomic mass is 10.1. The van der Waals surface area contributed by atoms with Crippen molar-refractivity contribution in [2.45, 2.75) is 6.54 Å². The first kappa shape index (κ1) is 24.3. The van der Waals surface area contributed by atoms with Crippen LogP contribution >= 0.6 is 28.1 Å². The highest BCUT2D eigenvalue weighted by Crippen LogP contribution is 2.21. The predicted molar refractivity (Wildman–Crippen MR) is 148 cm³/mol. The van der Waals surface area contributed by atoms with Crippen LogP contribution in [0, 0.1) is 4.77 Å². The molecule has 1 fully saturated rings. The summed E-state index contributed by atoms with van der Waals surface area (Å²) in [7, 11) is 1.66. The Labute approximate surface area is 222 Å². The zero-order chi connectivity index (χ0) is 25.2. The number of hydrogen-bond donors (Lipinski definition) is 1. The van der Waals surface area contributed by atoms with Crippen molar-refractivity contribution >= 4 is 50.6 Å². The van der Waals surface area contributed by atoms with E-state index in [1.54, 1.807) is 17.7 Å². The molecule has 9 heteroatoms. The molecule has 0 radical (unpaired) electrons. The van der Waals surface area contributed by atoms with Gasteiger partial charge in [0, 0.05) is 41.9 Å². The number of nitrogens with zero attached hydrogens (tertiary/aromatic N) is 3. The van der Waals surface area contributed by atoms with Gasteiger partial charge in [0.2, 0.25) is 0 Å². The van der Waals surface area contributed by atoms with Crippen molar-refractivity contribution < 1.29 is 9.53 Å². The Morgan fingerprint density at radius 1 is 1.00 bits per heavy atom. The molecule has 184 valence electrons. The van der Waals surface area contributed by atoms with Crippen LogP contribution in [0.3, 0.4) is 0 Å². The van der Waals surface area contributed by atoms with E-state index in [0.717, 1.165) is 34.6 Å². The fourth-order valence-electron chi connectivity index (χ4n) is 4.44. The molecule has 7 nitrogen and oxygen atoms in total. The normalized spacial score (nSPS) is 13.7. The summed E-state index contributed by atoms with van der Waals surface area (Å²) in [5, 5.41) is 0.568. The van der Waals surface area contributed by atoms with Gasteiger partial charge in [-0.15, -0.1) is 0 Å². The van der Waals surface area contributed by atoms with Gasteiger partial charge < -0.3 is 19.5 Å². The maximum atomic E-state index is 13.1. The average Bonchev–Trinajstić information content (AvgIpc) is 2.92. The number of carbonyl (C=O) groups excluding carboxylic acids is 1. The zero-order valence-corrected chi connectivity index (χ0v) is 22.1. The van der Waals surface area contributed by atoms with Crippen LogP contribution in [0.1, 0.15) is 15.9 Å². The number of nitrogens with one attached hydrogen (secondary N) is 1. The maximum absolute atomic E-state index is 13.1. The standard InChI is InChI=1S/C27H25BrN4O3S/c1-35-22-9-7-21(8-10-22)30-12-14-31(15-13-30)25(33)19-4-2-18(3-5-19)17-32-26(34)23-16-20(28)6-11-24(23)29-27(32)36/h2-11,16H,12-15,17H2,1H3,(H,29,36). The van der Waals surface area contributed by atoms with Gasteiger partial charge in [0.15, 0.2) is 4.77 Å². The molecule has 1 saturated heterocycles. The molecule has 0 bridgehead atoms. The molecule has 36 heavy (non-hydrogen) atoms. The number of carbonyl (C=O) groups is 1. The van der Waals surface area contributed by atoms with Crippen LogP contribution in [0.4, 0.5) is 5.69 Å². The second-order valence-corrected chi connectivity index (χ2v) is 9.99. The number of methoxy groups -OCH3 is 1. The first-order valence-corrected chi connectivity index (χ1v) is 12.8. The predicted octanol–water partition coefficient (Wildman–Crippen LogP) is 4.84. The molecule has 2 heterocycles. The molecule has 1 amide bonds. The molecule has 0 unspecified atom stereocenters. The molecule has 0 saturated carbocycles. The van der Waals surface area contributed by atoms with E-state index in [4.69, 9.17) is 17.0 Å². The molecule has 1 aliphatic rings. The number of ether oxygens (including phenoxy) is 1.